The van der Waals surface area contributed by atoms with Crippen LogP contribution in [0.25, 0.3) is 0 Å². The van der Waals surface area contributed by atoms with Crippen LogP contribution >= 0.6 is 0 Å². The van der Waals surface area contributed by atoms with Crippen LogP contribution in [0.1, 0.15) is 46.0 Å². The molecular formula is C11H22N2O3Pt. The molecule has 0 aliphatic heterocycles. The van der Waals surface area contributed by atoms with E-state index in [9.17, 15) is 15.0 Å². The van der Waals surface area contributed by atoms with Crippen molar-refractivity contribution in [2.75, 3.05) is 0 Å². The average molecular weight is 425 g/mol. The third-order valence-electron chi connectivity index (χ3n) is 2.98. The summed E-state index contributed by atoms with van der Waals surface area (Å²) in [6.45, 7) is 2.62. The van der Waals surface area contributed by atoms with Crippen LogP contribution in [0.2, 0.25) is 0 Å². The number of carbonyl (C=O) groups is 1. The van der Waals surface area contributed by atoms with Crippen LogP contribution in [0.4, 0.5) is 0 Å². The van der Waals surface area contributed by atoms with Crippen LogP contribution in [0, 0.1) is 0 Å². The molecule has 17 heavy (non-hydrogen) atoms. The summed E-state index contributed by atoms with van der Waals surface area (Å²) in [5.41, 5.74) is 9.40. The van der Waals surface area contributed by atoms with E-state index in [0.717, 1.165) is 19.8 Å². The Bertz CT molecular complexity index is 215. The Labute approximate surface area is 117 Å². The summed E-state index contributed by atoms with van der Waals surface area (Å²) in [6.07, 6.45) is 4.86. The molecule has 0 aromatic carbocycles. The van der Waals surface area contributed by atoms with Gasteiger partial charge in [0.2, 0.25) is 0 Å². The number of nitrogens with two attached hydrogens (primary N) is 2. The fraction of sp³-hybridized carbons (Fsp3) is 0.909. The summed E-state index contributed by atoms with van der Waals surface area (Å²) < 4.78 is 0. The van der Waals surface area contributed by atoms with Gasteiger partial charge in [-0.25, -0.2) is 0 Å². The fourth-order valence-electron chi connectivity index (χ4n) is 1.33. The first kappa shape index (κ1) is 19.4. The zero-order valence-corrected chi connectivity index (χ0v) is 12.7. The van der Waals surface area contributed by atoms with Crippen LogP contribution in [-0.4, -0.2) is 23.7 Å². The third-order valence-corrected chi connectivity index (χ3v) is 2.98. The Morgan fingerprint density at radius 2 is 1.65 bits per heavy atom. The Kier molecular flexibility index (Phi) is 10.3. The molecule has 1 aliphatic rings. The Hall–Kier alpha value is 0.0383. The minimum absolute atomic E-state index is 0. The van der Waals surface area contributed by atoms with Gasteiger partial charge in [-0.05, 0) is 12.8 Å². The molecule has 0 saturated heterocycles. The normalized spacial score (nSPS) is 26.9. The van der Waals surface area contributed by atoms with E-state index in [1.165, 1.54) is 19.8 Å². The van der Waals surface area contributed by atoms with Gasteiger partial charge in [-0.1, -0.05) is 38.7 Å². The molecule has 0 bridgehead atoms. The van der Waals surface area contributed by atoms with Crippen molar-refractivity contribution < 1.29 is 36.1 Å². The molecule has 0 radical (unpaired) electrons. The maximum Gasteiger partial charge on any atom is 2.00 e. The van der Waals surface area contributed by atoms with Crippen molar-refractivity contribution >= 4 is 5.97 Å². The number of carbonyl (C=O) groups excluding carboxylic acids is 1. The molecule has 1 aliphatic carbocycles. The fourth-order valence-corrected chi connectivity index (χ4v) is 1.33. The molecule has 0 aromatic rings. The molecule has 5 nitrogen and oxygen atoms in total. The summed E-state index contributed by atoms with van der Waals surface area (Å²) >= 11 is 0. The number of aliphatic carboxylic acids is 1. The molecule has 1 rings (SSSR count). The first-order valence-electron chi connectivity index (χ1n) is 5.74. The van der Waals surface area contributed by atoms with E-state index in [1.807, 2.05) is 0 Å². The number of carboxylic acids is 1. The summed E-state index contributed by atoms with van der Waals surface area (Å²) in [5.74, 6) is -1.53. The van der Waals surface area contributed by atoms with Crippen molar-refractivity contribution in [1.82, 2.24) is 0 Å². The van der Waals surface area contributed by atoms with E-state index in [2.05, 4.69) is 0 Å². The van der Waals surface area contributed by atoms with Crippen LogP contribution < -0.4 is 21.7 Å². The van der Waals surface area contributed by atoms with Gasteiger partial charge in [0.25, 0.3) is 0 Å². The van der Waals surface area contributed by atoms with Crippen LogP contribution in [0.15, 0.2) is 0 Å². The molecule has 0 heterocycles. The molecule has 1 fully saturated rings. The van der Waals surface area contributed by atoms with E-state index in [1.54, 1.807) is 0 Å². The zero-order chi connectivity index (χ0) is 12.8. The minimum Gasteiger partial charge on any atom is -0.845 e. The summed E-state index contributed by atoms with van der Waals surface area (Å²) in [7, 11) is 0. The molecule has 6 heteroatoms. The van der Waals surface area contributed by atoms with Crippen molar-refractivity contribution in [2.24, 2.45) is 11.5 Å². The molecule has 0 aromatic heterocycles. The quantitative estimate of drug-likeness (QED) is 0.558. The van der Waals surface area contributed by atoms with Gasteiger partial charge in [0.15, 0.2) is 0 Å². The van der Waals surface area contributed by atoms with Crippen LogP contribution in [0.5, 0.6) is 0 Å². The molecule has 0 spiro atoms. The van der Waals surface area contributed by atoms with E-state index < -0.39 is 11.6 Å². The molecule has 4 N–H and O–H groups in total. The van der Waals surface area contributed by atoms with Crippen molar-refractivity contribution in [2.45, 2.75) is 63.6 Å². The van der Waals surface area contributed by atoms with Gasteiger partial charge in [0.05, 0.1) is 0 Å². The van der Waals surface area contributed by atoms with Crippen LogP contribution in [-0.2, 0) is 25.9 Å². The van der Waals surface area contributed by atoms with E-state index >= 15 is 0 Å². The smallest absolute Gasteiger partial charge is 0.845 e. The Balaban J connectivity index is 0. The monoisotopic (exact) mass is 425 g/mol. The number of hydrogen-bond donors (Lipinski definition) is 2. The Morgan fingerprint density at radius 3 is 1.76 bits per heavy atom. The summed E-state index contributed by atoms with van der Waals surface area (Å²) in [6, 6.07) is 0.562. The number of rotatable bonds is 2. The topological polar surface area (TPSA) is 115 Å². The maximum absolute atomic E-state index is 10.5. The zero-order valence-electron chi connectivity index (χ0n) is 10.4. The molecule has 3 unspecified atom stereocenters. The molecular weight excluding hydrogens is 403 g/mol. The molecule has 0 amide bonds. The van der Waals surface area contributed by atoms with Gasteiger partial charge >= 0.3 is 21.1 Å². The number of carboxylic acid groups (broad SMARTS) is 1. The van der Waals surface area contributed by atoms with E-state index in [-0.39, 0.29) is 39.6 Å². The maximum atomic E-state index is 10.5. The largest absolute Gasteiger partial charge is 2.00 e. The van der Waals surface area contributed by atoms with Gasteiger partial charge in [-0.3, -0.25) is 0 Å². The first-order chi connectivity index (χ1) is 7.31. The van der Waals surface area contributed by atoms with Crippen molar-refractivity contribution in [1.29, 1.82) is 0 Å². The second kappa shape index (κ2) is 9.03. The van der Waals surface area contributed by atoms with Crippen molar-refractivity contribution in [3.8, 4) is 0 Å². The van der Waals surface area contributed by atoms with E-state index in [0.29, 0.717) is 0 Å². The summed E-state index contributed by atoms with van der Waals surface area (Å²) in [4.78, 5) is 9.83. The second-order valence-electron chi connectivity index (χ2n) is 4.48. The van der Waals surface area contributed by atoms with E-state index in [4.69, 9.17) is 11.5 Å². The van der Waals surface area contributed by atoms with Gasteiger partial charge in [0, 0.05) is 18.1 Å². The van der Waals surface area contributed by atoms with Gasteiger partial charge in [0.1, 0.15) is 0 Å². The van der Waals surface area contributed by atoms with Gasteiger partial charge in [-0.2, -0.15) is 0 Å². The minimum atomic E-state index is -1.90. The Morgan fingerprint density at radius 1 is 1.29 bits per heavy atom. The van der Waals surface area contributed by atoms with Crippen molar-refractivity contribution in [3.63, 3.8) is 0 Å². The van der Waals surface area contributed by atoms with Gasteiger partial charge < -0.3 is 26.5 Å². The molecule has 3 atom stereocenters. The predicted octanol–water partition coefficient (Wildman–Crippen LogP) is -1.52. The first-order valence-corrected chi connectivity index (χ1v) is 5.74. The molecule has 104 valence electrons. The number of hydrogen-bond acceptors (Lipinski definition) is 5. The van der Waals surface area contributed by atoms with Crippen LogP contribution in [0.3, 0.4) is 0 Å². The summed E-state index contributed by atoms with van der Waals surface area (Å²) in [5, 5.41) is 20.3. The standard InChI is InChI=1S/C6H14N2.C5H9O3.Pt/c7-5-3-1-2-4-6(5)8;1-3-5(2,8)4(6)7;/h5-6H,1-4,7-8H2;3H2,1-2H3,(H,6,7);/q;-1;+2/p-1. The predicted molar refractivity (Wildman–Crippen MR) is 58.1 cm³/mol. The molecule has 1 saturated carbocycles. The van der Waals surface area contributed by atoms with Crippen molar-refractivity contribution in [3.05, 3.63) is 0 Å². The SMILES string of the molecule is CCC(C)([O-])C(=O)[O-].NC1CCCCC1N.[Pt+2]. The average Bonchev–Trinajstić information content (AvgIpc) is 2.23. The second-order valence-corrected chi connectivity index (χ2v) is 4.48. The third kappa shape index (κ3) is 7.87. The van der Waals surface area contributed by atoms with Gasteiger partial charge in [-0.15, -0.1) is 0 Å².